The first kappa shape index (κ1) is 13.0. The standard InChI is InChI=1S/C15H22N2O/c1-11(2)17-10-12(8-9-16-3)13-6-5-7-14(18-4)15(13)17/h5-7,10-11,16H,8-9H2,1-4H3. The fourth-order valence-corrected chi connectivity index (χ4v) is 2.38. The number of methoxy groups -OCH3 is 1. The zero-order chi connectivity index (χ0) is 13.1. The molecule has 18 heavy (non-hydrogen) atoms. The van der Waals surface area contributed by atoms with Crippen molar-refractivity contribution in [2.75, 3.05) is 20.7 Å². The summed E-state index contributed by atoms with van der Waals surface area (Å²) in [5.41, 5.74) is 2.59. The number of nitrogens with one attached hydrogen (secondary N) is 1. The molecule has 0 radical (unpaired) electrons. The molecular formula is C15H22N2O. The average Bonchev–Trinajstić information content (AvgIpc) is 2.75. The highest BCUT2D eigenvalue weighted by Crippen LogP contribution is 2.32. The second kappa shape index (κ2) is 5.44. The predicted octanol–water partition coefficient (Wildman–Crippen LogP) is 2.99. The van der Waals surface area contributed by atoms with Crippen molar-refractivity contribution < 1.29 is 4.74 Å². The summed E-state index contributed by atoms with van der Waals surface area (Å²) in [6, 6.07) is 6.71. The molecule has 1 N–H and O–H groups in total. The van der Waals surface area contributed by atoms with Crippen LogP contribution in [0.5, 0.6) is 5.75 Å². The number of hydrogen-bond acceptors (Lipinski definition) is 2. The van der Waals surface area contributed by atoms with E-state index >= 15 is 0 Å². The van der Waals surface area contributed by atoms with Crippen LogP contribution in [0.25, 0.3) is 10.9 Å². The largest absolute Gasteiger partial charge is 0.495 e. The first-order chi connectivity index (χ1) is 8.69. The molecule has 0 fully saturated rings. The van der Waals surface area contributed by atoms with Gasteiger partial charge in [-0.25, -0.2) is 0 Å². The maximum Gasteiger partial charge on any atom is 0.143 e. The molecule has 0 saturated heterocycles. The Labute approximate surface area is 109 Å². The molecule has 2 rings (SSSR count). The smallest absolute Gasteiger partial charge is 0.143 e. The molecule has 0 saturated carbocycles. The molecule has 0 atom stereocenters. The lowest BCUT2D eigenvalue weighted by molar-refractivity contribution is 0.416. The minimum atomic E-state index is 0.437. The van der Waals surface area contributed by atoms with E-state index in [1.165, 1.54) is 16.5 Å². The molecule has 0 unspecified atom stereocenters. The summed E-state index contributed by atoms with van der Waals surface area (Å²) in [6.07, 6.45) is 3.30. The van der Waals surface area contributed by atoms with Crippen molar-refractivity contribution >= 4 is 10.9 Å². The molecule has 1 aromatic heterocycles. The van der Waals surface area contributed by atoms with Crippen LogP contribution in [0, 0.1) is 0 Å². The van der Waals surface area contributed by atoms with Crippen LogP contribution in [0.1, 0.15) is 25.5 Å². The third-order valence-electron chi connectivity index (χ3n) is 3.32. The average molecular weight is 246 g/mol. The van der Waals surface area contributed by atoms with E-state index in [-0.39, 0.29) is 0 Å². The Balaban J connectivity index is 2.60. The fourth-order valence-electron chi connectivity index (χ4n) is 2.38. The zero-order valence-corrected chi connectivity index (χ0v) is 11.7. The number of likely N-dealkylation sites (N-methyl/N-ethyl adjacent to an activating group) is 1. The van der Waals surface area contributed by atoms with Gasteiger partial charge in [0.25, 0.3) is 0 Å². The van der Waals surface area contributed by atoms with Gasteiger partial charge >= 0.3 is 0 Å². The van der Waals surface area contributed by atoms with E-state index < -0.39 is 0 Å². The molecule has 0 aliphatic heterocycles. The van der Waals surface area contributed by atoms with E-state index in [0.29, 0.717) is 6.04 Å². The summed E-state index contributed by atoms with van der Waals surface area (Å²) < 4.78 is 7.80. The molecule has 3 nitrogen and oxygen atoms in total. The highest BCUT2D eigenvalue weighted by molar-refractivity contribution is 5.89. The number of ether oxygens (including phenoxy) is 1. The summed E-state index contributed by atoms with van der Waals surface area (Å²) in [6.45, 7) is 5.40. The van der Waals surface area contributed by atoms with Crippen LogP contribution in [-0.4, -0.2) is 25.3 Å². The lowest BCUT2D eigenvalue weighted by atomic mass is 10.1. The Bertz CT molecular complexity index is 529. The normalized spacial score (nSPS) is 11.4. The lowest BCUT2D eigenvalue weighted by Crippen LogP contribution is -2.10. The second-order valence-electron chi connectivity index (χ2n) is 4.87. The van der Waals surface area contributed by atoms with Gasteiger partial charge in [0.15, 0.2) is 0 Å². The van der Waals surface area contributed by atoms with E-state index in [9.17, 15) is 0 Å². The number of para-hydroxylation sites is 1. The maximum atomic E-state index is 5.50. The Hall–Kier alpha value is -1.48. The third kappa shape index (κ3) is 2.23. The van der Waals surface area contributed by atoms with Crippen molar-refractivity contribution in [3.63, 3.8) is 0 Å². The van der Waals surface area contributed by atoms with Gasteiger partial charge in [0.05, 0.1) is 12.6 Å². The first-order valence-corrected chi connectivity index (χ1v) is 6.50. The van der Waals surface area contributed by atoms with Gasteiger partial charge in [0.2, 0.25) is 0 Å². The van der Waals surface area contributed by atoms with Crippen LogP contribution in [0.15, 0.2) is 24.4 Å². The summed E-state index contributed by atoms with van der Waals surface area (Å²) in [5.74, 6) is 0.955. The Morgan fingerprint density at radius 3 is 2.72 bits per heavy atom. The number of aromatic nitrogens is 1. The minimum absolute atomic E-state index is 0.437. The molecule has 98 valence electrons. The highest BCUT2D eigenvalue weighted by Gasteiger charge is 2.13. The minimum Gasteiger partial charge on any atom is -0.495 e. The molecule has 0 aliphatic carbocycles. The molecule has 3 heteroatoms. The van der Waals surface area contributed by atoms with Crippen molar-refractivity contribution in [3.8, 4) is 5.75 Å². The predicted molar refractivity (Wildman–Crippen MR) is 76.5 cm³/mol. The molecule has 2 aromatic rings. The van der Waals surface area contributed by atoms with Crippen molar-refractivity contribution in [2.24, 2.45) is 0 Å². The quantitative estimate of drug-likeness (QED) is 0.877. The SMILES string of the molecule is CNCCc1cn(C(C)C)c2c(OC)cccc12. The molecule has 0 amide bonds. The molecule has 0 spiro atoms. The lowest BCUT2D eigenvalue weighted by Gasteiger charge is -2.11. The molecule has 0 bridgehead atoms. The fraction of sp³-hybridized carbons (Fsp3) is 0.467. The molecule has 0 aliphatic rings. The monoisotopic (exact) mass is 246 g/mol. The van der Waals surface area contributed by atoms with E-state index in [0.717, 1.165) is 18.7 Å². The van der Waals surface area contributed by atoms with E-state index in [2.05, 4.69) is 42.1 Å². The van der Waals surface area contributed by atoms with Gasteiger partial charge in [-0.15, -0.1) is 0 Å². The number of rotatable bonds is 5. The highest BCUT2D eigenvalue weighted by atomic mass is 16.5. The van der Waals surface area contributed by atoms with E-state index in [1.807, 2.05) is 13.1 Å². The van der Waals surface area contributed by atoms with Crippen LogP contribution in [0.2, 0.25) is 0 Å². The van der Waals surface area contributed by atoms with Gasteiger partial charge in [-0.3, -0.25) is 0 Å². The summed E-state index contributed by atoms with van der Waals surface area (Å²) in [5, 5.41) is 4.51. The van der Waals surface area contributed by atoms with Crippen molar-refractivity contribution in [2.45, 2.75) is 26.3 Å². The summed E-state index contributed by atoms with van der Waals surface area (Å²) >= 11 is 0. The van der Waals surface area contributed by atoms with E-state index in [1.54, 1.807) is 7.11 Å². The number of benzene rings is 1. The Morgan fingerprint density at radius 1 is 1.33 bits per heavy atom. The topological polar surface area (TPSA) is 26.2 Å². The Kier molecular flexibility index (Phi) is 3.92. The van der Waals surface area contributed by atoms with Crippen LogP contribution in [0.4, 0.5) is 0 Å². The Morgan fingerprint density at radius 2 is 2.11 bits per heavy atom. The van der Waals surface area contributed by atoms with Crippen molar-refractivity contribution in [3.05, 3.63) is 30.0 Å². The number of nitrogens with zero attached hydrogens (tertiary/aromatic N) is 1. The molecule has 1 heterocycles. The first-order valence-electron chi connectivity index (χ1n) is 6.50. The van der Waals surface area contributed by atoms with Crippen molar-refractivity contribution in [1.29, 1.82) is 0 Å². The number of fused-ring (bicyclic) bond motifs is 1. The van der Waals surface area contributed by atoms with Crippen LogP contribution in [-0.2, 0) is 6.42 Å². The molecular weight excluding hydrogens is 224 g/mol. The van der Waals surface area contributed by atoms with Crippen molar-refractivity contribution in [1.82, 2.24) is 9.88 Å². The maximum absolute atomic E-state index is 5.50. The van der Waals surface area contributed by atoms with E-state index in [4.69, 9.17) is 4.74 Å². The number of hydrogen-bond donors (Lipinski definition) is 1. The zero-order valence-electron chi connectivity index (χ0n) is 11.7. The van der Waals surface area contributed by atoms with Crippen LogP contribution >= 0.6 is 0 Å². The summed E-state index contributed by atoms with van der Waals surface area (Å²) in [7, 11) is 3.72. The van der Waals surface area contributed by atoms with Crippen LogP contribution in [0.3, 0.4) is 0 Å². The second-order valence-corrected chi connectivity index (χ2v) is 4.87. The van der Waals surface area contributed by atoms with Gasteiger partial charge in [0, 0.05) is 17.6 Å². The van der Waals surface area contributed by atoms with Gasteiger partial charge in [-0.05, 0) is 45.5 Å². The third-order valence-corrected chi connectivity index (χ3v) is 3.32. The molecule has 1 aromatic carbocycles. The van der Waals surface area contributed by atoms with Gasteiger partial charge < -0.3 is 14.6 Å². The summed E-state index contributed by atoms with van der Waals surface area (Å²) in [4.78, 5) is 0. The van der Waals surface area contributed by atoms with Gasteiger partial charge in [0.1, 0.15) is 5.75 Å². The van der Waals surface area contributed by atoms with Gasteiger partial charge in [-0.2, -0.15) is 0 Å². The van der Waals surface area contributed by atoms with Gasteiger partial charge in [-0.1, -0.05) is 12.1 Å². The van der Waals surface area contributed by atoms with Crippen LogP contribution < -0.4 is 10.1 Å².